The van der Waals surface area contributed by atoms with Crippen LogP contribution < -0.4 is 5.73 Å². The van der Waals surface area contributed by atoms with Crippen LogP contribution in [0.3, 0.4) is 0 Å². The molecule has 1 amide bonds. The first-order chi connectivity index (χ1) is 8.36. The fourth-order valence-electron chi connectivity index (χ4n) is 2.29. The molecule has 1 unspecified atom stereocenters. The molecule has 0 radical (unpaired) electrons. The Morgan fingerprint density at radius 2 is 1.94 bits per heavy atom. The van der Waals surface area contributed by atoms with Gasteiger partial charge in [0.2, 0.25) is 5.91 Å². The average Bonchev–Trinajstić information content (AvgIpc) is 2.34. The molecule has 106 valence electrons. The van der Waals surface area contributed by atoms with E-state index in [0.717, 1.165) is 6.42 Å². The number of piperidine rings is 1. The zero-order chi connectivity index (χ0) is 13.8. The maximum atomic E-state index is 12.5. The molecule has 0 saturated carbocycles. The highest BCUT2D eigenvalue weighted by Gasteiger charge is 2.41. The summed E-state index contributed by atoms with van der Waals surface area (Å²) in [5.74, 6) is -1.43. The minimum absolute atomic E-state index is 0.0266. The Morgan fingerprint density at radius 3 is 2.39 bits per heavy atom. The van der Waals surface area contributed by atoms with Crippen molar-refractivity contribution in [1.82, 2.24) is 4.90 Å². The third-order valence-corrected chi connectivity index (χ3v) is 3.53. The van der Waals surface area contributed by atoms with E-state index in [-0.39, 0.29) is 37.8 Å². The van der Waals surface area contributed by atoms with Crippen molar-refractivity contribution >= 4 is 5.91 Å². The van der Waals surface area contributed by atoms with E-state index < -0.39 is 12.1 Å². The second-order valence-corrected chi connectivity index (χ2v) is 4.97. The molecule has 0 aromatic rings. The molecule has 3 nitrogen and oxygen atoms in total. The molecule has 18 heavy (non-hydrogen) atoms. The topological polar surface area (TPSA) is 46.3 Å². The minimum atomic E-state index is -4.12. The standard InChI is InChI=1S/C12H21F3N2O/c1-9(3-2-6-16)11(18)17-7-4-10(5-8-17)12(13,14)15/h9-10H,2-8,16H2,1H3. The molecule has 0 aromatic heterocycles. The van der Waals surface area contributed by atoms with E-state index in [1.54, 1.807) is 4.90 Å². The Bertz CT molecular complexity index is 273. The summed E-state index contributed by atoms with van der Waals surface area (Å²) in [6.07, 6.45) is -2.60. The second-order valence-electron chi connectivity index (χ2n) is 4.97. The van der Waals surface area contributed by atoms with E-state index in [0.29, 0.717) is 13.0 Å². The van der Waals surface area contributed by atoms with E-state index in [1.165, 1.54) is 0 Å². The number of carbonyl (C=O) groups excluding carboxylic acids is 1. The number of alkyl halides is 3. The van der Waals surface area contributed by atoms with Gasteiger partial charge in [-0.2, -0.15) is 13.2 Å². The van der Waals surface area contributed by atoms with Gasteiger partial charge < -0.3 is 10.6 Å². The molecule has 0 aliphatic carbocycles. The predicted molar refractivity (Wildman–Crippen MR) is 62.8 cm³/mol. The Morgan fingerprint density at radius 1 is 1.39 bits per heavy atom. The van der Waals surface area contributed by atoms with Crippen LogP contribution in [0, 0.1) is 11.8 Å². The van der Waals surface area contributed by atoms with Gasteiger partial charge in [0.1, 0.15) is 0 Å². The lowest BCUT2D eigenvalue weighted by Crippen LogP contribution is -2.44. The first kappa shape index (κ1) is 15.3. The molecule has 0 bridgehead atoms. The lowest BCUT2D eigenvalue weighted by molar-refractivity contribution is -0.186. The predicted octanol–water partition coefficient (Wildman–Crippen LogP) is 2.16. The van der Waals surface area contributed by atoms with Crippen molar-refractivity contribution in [3.05, 3.63) is 0 Å². The molecular weight excluding hydrogens is 245 g/mol. The number of amides is 1. The van der Waals surface area contributed by atoms with Crippen LogP contribution in [0.5, 0.6) is 0 Å². The van der Waals surface area contributed by atoms with Crippen molar-refractivity contribution in [3.63, 3.8) is 0 Å². The summed E-state index contributed by atoms with van der Waals surface area (Å²) in [4.78, 5) is 13.5. The van der Waals surface area contributed by atoms with Gasteiger partial charge in [-0.15, -0.1) is 0 Å². The van der Waals surface area contributed by atoms with Gasteiger partial charge in [0.05, 0.1) is 5.92 Å². The van der Waals surface area contributed by atoms with E-state index >= 15 is 0 Å². The number of hydrogen-bond acceptors (Lipinski definition) is 2. The van der Waals surface area contributed by atoms with E-state index in [1.807, 2.05) is 6.92 Å². The van der Waals surface area contributed by atoms with E-state index in [2.05, 4.69) is 0 Å². The fraction of sp³-hybridized carbons (Fsp3) is 0.917. The summed E-state index contributed by atoms with van der Waals surface area (Å²) in [6, 6.07) is 0. The molecule has 6 heteroatoms. The molecule has 0 aromatic carbocycles. The zero-order valence-electron chi connectivity index (χ0n) is 10.7. The van der Waals surface area contributed by atoms with Crippen molar-refractivity contribution in [2.24, 2.45) is 17.6 Å². The summed E-state index contributed by atoms with van der Waals surface area (Å²) in [7, 11) is 0. The van der Waals surface area contributed by atoms with Gasteiger partial charge in [0.25, 0.3) is 0 Å². The van der Waals surface area contributed by atoms with E-state index in [9.17, 15) is 18.0 Å². The Labute approximate surface area is 106 Å². The van der Waals surface area contributed by atoms with Crippen molar-refractivity contribution in [2.45, 2.75) is 38.8 Å². The van der Waals surface area contributed by atoms with Crippen LogP contribution in [-0.4, -0.2) is 36.6 Å². The van der Waals surface area contributed by atoms with Gasteiger partial charge in [-0.3, -0.25) is 4.79 Å². The van der Waals surface area contributed by atoms with Crippen LogP contribution in [0.25, 0.3) is 0 Å². The molecule has 1 rings (SSSR count). The molecular formula is C12H21F3N2O. The van der Waals surface area contributed by atoms with Gasteiger partial charge in [-0.05, 0) is 32.2 Å². The van der Waals surface area contributed by atoms with Crippen molar-refractivity contribution in [2.75, 3.05) is 19.6 Å². The second kappa shape index (κ2) is 6.41. The van der Waals surface area contributed by atoms with Gasteiger partial charge in [0.15, 0.2) is 0 Å². The molecule has 0 spiro atoms. The third kappa shape index (κ3) is 4.15. The van der Waals surface area contributed by atoms with E-state index in [4.69, 9.17) is 5.73 Å². The summed E-state index contributed by atoms with van der Waals surface area (Å²) >= 11 is 0. The van der Waals surface area contributed by atoms with Gasteiger partial charge >= 0.3 is 6.18 Å². The normalized spacial score (nSPS) is 19.9. The molecule has 1 aliphatic heterocycles. The summed E-state index contributed by atoms with van der Waals surface area (Å²) in [6.45, 7) is 2.79. The monoisotopic (exact) mass is 266 g/mol. The van der Waals surface area contributed by atoms with Crippen LogP contribution in [-0.2, 0) is 4.79 Å². The van der Waals surface area contributed by atoms with Gasteiger partial charge in [0, 0.05) is 19.0 Å². The highest BCUT2D eigenvalue weighted by molar-refractivity contribution is 5.78. The largest absolute Gasteiger partial charge is 0.391 e. The Balaban J connectivity index is 2.40. The Hall–Kier alpha value is -0.780. The molecule has 1 heterocycles. The minimum Gasteiger partial charge on any atom is -0.342 e. The van der Waals surface area contributed by atoms with Crippen LogP contribution in [0.4, 0.5) is 13.2 Å². The summed E-state index contributed by atoms with van der Waals surface area (Å²) in [5, 5.41) is 0. The maximum Gasteiger partial charge on any atom is 0.391 e. The van der Waals surface area contributed by atoms with Gasteiger partial charge in [-0.1, -0.05) is 6.92 Å². The van der Waals surface area contributed by atoms with Crippen molar-refractivity contribution in [3.8, 4) is 0 Å². The SMILES string of the molecule is CC(CCCN)C(=O)N1CCC(C(F)(F)F)CC1. The number of likely N-dealkylation sites (tertiary alicyclic amines) is 1. The molecule has 1 aliphatic rings. The van der Waals surface area contributed by atoms with Crippen molar-refractivity contribution in [1.29, 1.82) is 0 Å². The van der Waals surface area contributed by atoms with Crippen LogP contribution in [0.15, 0.2) is 0 Å². The fourth-order valence-corrected chi connectivity index (χ4v) is 2.29. The van der Waals surface area contributed by atoms with Gasteiger partial charge in [-0.25, -0.2) is 0 Å². The number of halogens is 3. The highest BCUT2D eigenvalue weighted by atomic mass is 19.4. The quantitative estimate of drug-likeness (QED) is 0.847. The smallest absolute Gasteiger partial charge is 0.342 e. The number of nitrogens with zero attached hydrogens (tertiary/aromatic N) is 1. The van der Waals surface area contributed by atoms with Crippen LogP contribution in [0.2, 0.25) is 0 Å². The lowest BCUT2D eigenvalue weighted by atomic mass is 9.94. The summed E-state index contributed by atoms with van der Waals surface area (Å²) < 4.78 is 37.4. The highest BCUT2D eigenvalue weighted by Crippen LogP contribution is 2.34. The third-order valence-electron chi connectivity index (χ3n) is 3.53. The van der Waals surface area contributed by atoms with Crippen molar-refractivity contribution < 1.29 is 18.0 Å². The average molecular weight is 266 g/mol. The first-order valence-corrected chi connectivity index (χ1v) is 6.41. The maximum absolute atomic E-state index is 12.5. The molecule has 1 atom stereocenters. The number of carbonyl (C=O) groups is 1. The first-order valence-electron chi connectivity index (χ1n) is 6.41. The summed E-state index contributed by atoms with van der Waals surface area (Å²) in [5.41, 5.74) is 5.37. The lowest BCUT2D eigenvalue weighted by Gasteiger charge is -2.34. The Kier molecular flexibility index (Phi) is 5.44. The number of rotatable bonds is 4. The molecule has 1 fully saturated rings. The van der Waals surface area contributed by atoms with Crippen LogP contribution >= 0.6 is 0 Å². The number of hydrogen-bond donors (Lipinski definition) is 1. The zero-order valence-corrected chi connectivity index (χ0v) is 10.7. The molecule has 2 N–H and O–H groups in total. The molecule has 1 saturated heterocycles. The van der Waals surface area contributed by atoms with Crippen LogP contribution in [0.1, 0.15) is 32.6 Å². The number of nitrogens with two attached hydrogens (primary N) is 1.